The van der Waals surface area contributed by atoms with Gasteiger partial charge in [0.25, 0.3) is 6.47 Å². The van der Waals surface area contributed by atoms with E-state index in [4.69, 9.17) is 0 Å². The molecule has 2 N–H and O–H groups in total. The van der Waals surface area contributed by atoms with Crippen molar-refractivity contribution < 1.29 is 9.53 Å². The molecule has 0 amide bonds. The number of carbonyl (C=O) groups is 1. The normalized spacial score (nSPS) is 21.2. The second kappa shape index (κ2) is 7.65. The van der Waals surface area contributed by atoms with Crippen molar-refractivity contribution in [3.63, 3.8) is 0 Å². The smallest absolute Gasteiger partial charge is 0.293 e. The van der Waals surface area contributed by atoms with E-state index in [0.717, 1.165) is 12.6 Å². The summed E-state index contributed by atoms with van der Waals surface area (Å²) in [5, 5.41) is 6.56. The van der Waals surface area contributed by atoms with Crippen molar-refractivity contribution in [2.75, 3.05) is 20.1 Å². The fourth-order valence-electron chi connectivity index (χ4n) is 1.24. The monoisotopic (exact) mass is 216 g/mol. The molecule has 4 heteroatoms. The summed E-state index contributed by atoms with van der Waals surface area (Å²) in [5.41, 5.74) is -0.318. The van der Waals surface area contributed by atoms with Crippen LogP contribution in [0.1, 0.15) is 33.6 Å². The fourth-order valence-corrected chi connectivity index (χ4v) is 1.24. The number of hydrogen-bond acceptors (Lipinski definition) is 4. The Morgan fingerprint density at radius 2 is 2.13 bits per heavy atom. The highest BCUT2D eigenvalue weighted by atomic mass is 16.5. The number of carbonyl (C=O) groups excluding carboxylic acids is 1. The molecule has 0 aromatic heterocycles. The number of ether oxygens (including phenoxy) is 1. The predicted molar refractivity (Wildman–Crippen MR) is 61.9 cm³/mol. The largest absolute Gasteiger partial charge is 0.462 e. The Labute approximate surface area is 92.8 Å². The first-order chi connectivity index (χ1) is 6.99. The van der Waals surface area contributed by atoms with E-state index in [2.05, 4.69) is 15.4 Å². The molecule has 1 heterocycles. The standard InChI is InChI=1S/C6H14N2.C5H10O2/c1-7-6-3-2-4-8-5-6;1-5(2,3)7-4-6/h6-8H,2-5H2,1H3;4H,1-3H3. The number of rotatable bonds is 2. The van der Waals surface area contributed by atoms with Crippen LogP contribution >= 0.6 is 0 Å². The van der Waals surface area contributed by atoms with E-state index in [1.165, 1.54) is 19.4 Å². The number of likely N-dealkylation sites (N-methyl/N-ethyl adjacent to an activating group) is 1. The zero-order valence-corrected chi connectivity index (χ0v) is 10.3. The van der Waals surface area contributed by atoms with Gasteiger partial charge < -0.3 is 15.4 Å². The molecule has 4 nitrogen and oxygen atoms in total. The van der Waals surface area contributed by atoms with Gasteiger partial charge in [-0.2, -0.15) is 0 Å². The molecule has 0 bridgehead atoms. The molecule has 90 valence electrons. The van der Waals surface area contributed by atoms with E-state index in [1.807, 2.05) is 27.8 Å². The van der Waals surface area contributed by atoms with Gasteiger partial charge in [0.1, 0.15) is 5.60 Å². The number of hydrogen-bond donors (Lipinski definition) is 2. The topological polar surface area (TPSA) is 50.4 Å². The quantitative estimate of drug-likeness (QED) is 0.674. The summed E-state index contributed by atoms with van der Waals surface area (Å²) in [6.07, 6.45) is 2.66. The molecule has 1 aliphatic rings. The molecule has 0 spiro atoms. The minimum absolute atomic E-state index is 0.318. The second-order valence-electron chi connectivity index (χ2n) is 4.66. The van der Waals surface area contributed by atoms with Crippen LogP contribution in [-0.2, 0) is 9.53 Å². The molecule has 1 unspecified atom stereocenters. The lowest BCUT2D eigenvalue weighted by Gasteiger charge is -2.21. The van der Waals surface area contributed by atoms with Crippen LogP contribution in [0.2, 0.25) is 0 Å². The van der Waals surface area contributed by atoms with Gasteiger partial charge in [-0.05, 0) is 47.2 Å². The third kappa shape index (κ3) is 9.69. The van der Waals surface area contributed by atoms with Gasteiger partial charge >= 0.3 is 0 Å². The Kier molecular flexibility index (Phi) is 7.34. The summed E-state index contributed by atoms with van der Waals surface area (Å²) in [5.74, 6) is 0. The molecule has 0 radical (unpaired) electrons. The van der Waals surface area contributed by atoms with Crippen molar-refractivity contribution in [3.8, 4) is 0 Å². The van der Waals surface area contributed by atoms with Crippen LogP contribution in [0.5, 0.6) is 0 Å². The summed E-state index contributed by atoms with van der Waals surface area (Å²) < 4.78 is 4.55. The molecular formula is C11H24N2O2. The maximum absolute atomic E-state index is 9.60. The zero-order chi connectivity index (χ0) is 11.7. The van der Waals surface area contributed by atoms with Gasteiger partial charge in [-0.3, -0.25) is 4.79 Å². The van der Waals surface area contributed by atoms with Gasteiger partial charge in [-0.15, -0.1) is 0 Å². The van der Waals surface area contributed by atoms with Gasteiger partial charge in [0.2, 0.25) is 0 Å². The Hall–Kier alpha value is -0.610. The molecule has 1 fully saturated rings. The molecular weight excluding hydrogens is 192 g/mol. The van der Waals surface area contributed by atoms with Crippen molar-refractivity contribution in [2.45, 2.75) is 45.3 Å². The van der Waals surface area contributed by atoms with Gasteiger partial charge in [-0.25, -0.2) is 0 Å². The summed E-state index contributed by atoms with van der Waals surface area (Å²) in [6.45, 7) is 8.28. The Morgan fingerprint density at radius 1 is 1.47 bits per heavy atom. The van der Waals surface area contributed by atoms with Crippen molar-refractivity contribution >= 4 is 6.47 Å². The third-order valence-electron chi connectivity index (χ3n) is 2.11. The molecule has 1 rings (SSSR count). The Bertz CT molecular complexity index is 160. The first kappa shape index (κ1) is 14.4. The average molecular weight is 216 g/mol. The van der Waals surface area contributed by atoms with Crippen LogP contribution < -0.4 is 10.6 Å². The van der Waals surface area contributed by atoms with E-state index in [1.54, 1.807) is 0 Å². The van der Waals surface area contributed by atoms with E-state index >= 15 is 0 Å². The number of nitrogens with one attached hydrogen (secondary N) is 2. The van der Waals surface area contributed by atoms with Crippen LogP contribution in [0, 0.1) is 0 Å². The molecule has 0 saturated carbocycles. The lowest BCUT2D eigenvalue weighted by molar-refractivity contribution is -0.138. The van der Waals surface area contributed by atoms with Crippen LogP contribution in [-0.4, -0.2) is 38.3 Å². The maximum Gasteiger partial charge on any atom is 0.293 e. The molecule has 1 aliphatic heterocycles. The van der Waals surface area contributed by atoms with Gasteiger partial charge in [0.15, 0.2) is 0 Å². The average Bonchev–Trinajstić information content (AvgIpc) is 2.18. The highest BCUT2D eigenvalue weighted by Gasteiger charge is 2.08. The summed E-state index contributed by atoms with van der Waals surface area (Å²) in [7, 11) is 2.03. The minimum Gasteiger partial charge on any atom is -0.462 e. The second-order valence-corrected chi connectivity index (χ2v) is 4.66. The molecule has 0 aliphatic carbocycles. The van der Waals surface area contributed by atoms with Crippen LogP contribution in [0.25, 0.3) is 0 Å². The van der Waals surface area contributed by atoms with E-state index < -0.39 is 0 Å². The van der Waals surface area contributed by atoms with Crippen molar-refractivity contribution in [3.05, 3.63) is 0 Å². The SMILES string of the molecule is CC(C)(C)OC=O.CNC1CCCNC1. The summed E-state index contributed by atoms with van der Waals surface area (Å²) >= 11 is 0. The van der Waals surface area contributed by atoms with Gasteiger partial charge in [-0.1, -0.05) is 0 Å². The van der Waals surface area contributed by atoms with Crippen LogP contribution in [0.15, 0.2) is 0 Å². The molecule has 1 saturated heterocycles. The van der Waals surface area contributed by atoms with E-state index in [0.29, 0.717) is 6.47 Å². The Balaban J connectivity index is 0.000000265. The summed E-state index contributed by atoms with van der Waals surface area (Å²) in [6, 6.07) is 0.726. The minimum atomic E-state index is -0.318. The highest BCUT2D eigenvalue weighted by molar-refractivity contribution is 5.37. The fraction of sp³-hybridized carbons (Fsp3) is 0.909. The van der Waals surface area contributed by atoms with Gasteiger partial charge in [0.05, 0.1) is 0 Å². The number of piperidine rings is 1. The zero-order valence-electron chi connectivity index (χ0n) is 10.3. The van der Waals surface area contributed by atoms with E-state index in [9.17, 15) is 4.79 Å². The van der Waals surface area contributed by atoms with E-state index in [-0.39, 0.29) is 5.60 Å². The maximum atomic E-state index is 9.60. The Morgan fingerprint density at radius 3 is 2.33 bits per heavy atom. The molecule has 15 heavy (non-hydrogen) atoms. The lowest BCUT2D eigenvalue weighted by atomic mass is 10.1. The predicted octanol–water partition coefficient (Wildman–Crippen LogP) is 0.916. The summed E-state index contributed by atoms with van der Waals surface area (Å²) in [4.78, 5) is 9.60. The van der Waals surface area contributed by atoms with Crippen LogP contribution in [0.4, 0.5) is 0 Å². The molecule has 0 aromatic carbocycles. The van der Waals surface area contributed by atoms with Crippen molar-refractivity contribution in [1.29, 1.82) is 0 Å². The van der Waals surface area contributed by atoms with Crippen LogP contribution in [0.3, 0.4) is 0 Å². The third-order valence-corrected chi connectivity index (χ3v) is 2.11. The molecule has 0 aromatic rings. The van der Waals surface area contributed by atoms with Gasteiger partial charge in [0, 0.05) is 12.6 Å². The first-order valence-corrected chi connectivity index (χ1v) is 5.49. The van der Waals surface area contributed by atoms with Crippen molar-refractivity contribution in [2.24, 2.45) is 0 Å². The van der Waals surface area contributed by atoms with Crippen molar-refractivity contribution in [1.82, 2.24) is 10.6 Å². The first-order valence-electron chi connectivity index (χ1n) is 5.49. The lowest BCUT2D eigenvalue weighted by Crippen LogP contribution is -2.41. The highest BCUT2D eigenvalue weighted by Crippen LogP contribution is 2.02. The molecule has 1 atom stereocenters.